The van der Waals surface area contributed by atoms with Crippen LogP contribution in [0.3, 0.4) is 0 Å². The average Bonchev–Trinajstić information content (AvgIpc) is 3.26. The molecule has 0 radical (unpaired) electrons. The van der Waals surface area contributed by atoms with Crippen molar-refractivity contribution >= 4 is 5.91 Å². The zero-order chi connectivity index (χ0) is 24.8. The molecule has 0 fully saturated rings. The van der Waals surface area contributed by atoms with Crippen LogP contribution in [-0.4, -0.2) is 63.2 Å². The molecule has 3 rings (SSSR count). The van der Waals surface area contributed by atoms with E-state index in [0.717, 1.165) is 27.9 Å². The minimum atomic E-state index is -0.915. The molecule has 0 bridgehead atoms. The van der Waals surface area contributed by atoms with Crippen LogP contribution in [0, 0.1) is 20.8 Å². The smallest absolute Gasteiger partial charge is 0.258 e. The van der Waals surface area contributed by atoms with E-state index >= 15 is 0 Å². The first-order valence-electron chi connectivity index (χ1n) is 11.0. The Labute approximate surface area is 197 Å². The predicted molar refractivity (Wildman–Crippen MR) is 125 cm³/mol. The van der Waals surface area contributed by atoms with E-state index in [4.69, 9.17) is 19.1 Å². The number of aromatic nitrogens is 3. The number of nitrogens with one attached hydrogen (secondary N) is 1. The van der Waals surface area contributed by atoms with Gasteiger partial charge in [-0.05, 0) is 63.9 Å². The van der Waals surface area contributed by atoms with Gasteiger partial charge in [-0.3, -0.25) is 4.79 Å². The second-order valence-corrected chi connectivity index (χ2v) is 8.29. The topological polar surface area (TPSA) is 140 Å². The highest BCUT2D eigenvalue weighted by atomic mass is 16.5. The second-order valence-electron chi connectivity index (χ2n) is 8.29. The maximum Gasteiger partial charge on any atom is 0.258 e. The first-order chi connectivity index (χ1) is 16.2. The number of carbonyl (C=O) groups is 1. The third kappa shape index (κ3) is 6.52. The van der Waals surface area contributed by atoms with Gasteiger partial charge in [-0.25, -0.2) is 4.98 Å². The monoisotopic (exact) mass is 470 g/mol. The number of aliphatic hydroxyl groups is 2. The lowest BCUT2D eigenvalue weighted by atomic mass is 10.1. The standard InChI is InChI=1S/C24H30N4O6/c1-13(2)33-21-9-18(8-16(5)26-21)24-27-23(28-34-24)17-6-14(3)22(15(4)7-17)32-12-19(30)10-25-20(31)11-29/h6-9,13,19,29-30H,10-12H2,1-5H3,(H,25,31)/t19-/m0/s1. The summed E-state index contributed by atoms with van der Waals surface area (Å²) in [4.78, 5) is 20.0. The number of pyridine rings is 1. The molecule has 0 saturated heterocycles. The maximum absolute atomic E-state index is 11.1. The lowest BCUT2D eigenvalue weighted by Crippen LogP contribution is -2.36. The van der Waals surface area contributed by atoms with Crippen LogP contribution >= 0.6 is 0 Å². The van der Waals surface area contributed by atoms with E-state index in [1.54, 1.807) is 6.07 Å². The molecule has 3 N–H and O–H groups in total. The fraction of sp³-hybridized carbons (Fsp3) is 0.417. The Morgan fingerprint density at radius 3 is 2.44 bits per heavy atom. The molecule has 2 heterocycles. The molecule has 182 valence electrons. The minimum Gasteiger partial charge on any atom is -0.490 e. The van der Waals surface area contributed by atoms with Gasteiger partial charge in [0.05, 0.1) is 6.10 Å². The number of aliphatic hydroxyl groups excluding tert-OH is 2. The van der Waals surface area contributed by atoms with Gasteiger partial charge in [-0.1, -0.05) is 5.16 Å². The molecule has 34 heavy (non-hydrogen) atoms. The number of carbonyl (C=O) groups excluding carboxylic acids is 1. The summed E-state index contributed by atoms with van der Waals surface area (Å²) in [6.07, 6.45) is -0.922. The highest BCUT2D eigenvalue weighted by Gasteiger charge is 2.16. The maximum atomic E-state index is 11.1. The molecule has 0 aliphatic carbocycles. The van der Waals surface area contributed by atoms with Crippen molar-refractivity contribution in [2.75, 3.05) is 19.8 Å². The van der Waals surface area contributed by atoms with Crippen LogP contribution in [0.5, 0.6) is 11.6 Å². The normalized spacial score (nSPS) is 12.0. The van der Waals surface area contributed by atoms with Gasteiger partial charge in [0, 0.05) is 29.4 Å². The van der Waals surface area contributed by atoms with Gasteiger partial charge in [0.25, 0.3) is 5.89 Å². The summed E-state index contributed by atoms with van der Waals surface area (Å²) < 4.78 is 17.0. The Morgan fingerprint density at radius 1 is 1.09 bits per heavy atom. The third-order valence-electron chi connectivity index (χ3n) is 4.78. The lowest BCUT2D eigenvalue weighted by Gasteiger charge is -2.16. The first kappa shape index (κ1) is 25.1. The van der Waals surface area contributed by atoms with E-state index in [9.17, 15) is 9.90 Å². The molecule has 0 spiro atoms. The number of amides is 1. The molecule has 1 amide bonds. The van der Waals surface area contributed by atoms with Crippen molar-refractivity contribution in [1.82, 2.24) is 20.4 Å². The molecule has 0 unspecified atom stereocenters. The zero-order valence-corrected chi connectivity index (χ0v) is 20.0. The van der Waals surface area contributed by atoms with Crippen molar-refractivity contribution in [3.63, 3.8) is 0 Å². The van der Waals surface area contributed by atoms with Gasteiger partial charge < -0.3 is 29.5 Å². The Hall–Kier alpha value is -3.50. The SMILES string of the molecule is Cc1cc(-c2nc(-c3cc(C)c(OC[C@@H](O)CNC(=O)CO)c(C)c3)no2)cc(OC(C)C)n1. The van der Waals surface area contributed by atoms with Crippen LogP contribution < -0.4 is 14.8 Å². The van der Waals surface area contributed by atoms with Gasteiger partial charge >= 0.3 is 0 Å². The highest BCUT2D eigenvalue weighted by Crippen LogP contribution is 2.31. The largest absolute Gasteiger partial charge is 0.490 e. The minimum absolute atomic E-state index is 0.00696. The summed E-state index contributed by atoms with van der Waals surface area (Å²) >= 11 is 0. The Morgan fingerprint density at radius 2 is 1.79 bits per heavy atom. The lowest BCUT2D eigenvalue weighted by molar-refractivity contribution is -0.124. The first-order valence-corrected chi connectivity index (χ1v) is 11.0. The zero-order valence-electron chi connectivity index (χ0n) is 20.0. The number of hydrogen-bond acceptors (Lipinski definition) is 9. The number of nitrogens with zero attached hydrogens (tertiary/aromatic N) is 3. The number of aryl methyl sites for hydroxylation is 3. The Kier molecular flexibility index (Phi) is 8.19. The number of hydrogen-bond donors (Lipinski definition) is 3. The molecule has 1 aromatic carbocycles. The molecule has 2 aromatic heterocycles. The Bertz CT molecular complexity index is 1120. The van der Waals surface area contributed by atoms with E-state index in [-0.39, 0.29) is 19.3 Å². The summed E-state index contributed by atoms with van der Waals surface area (Å²) in [7, 11) is 0. The number of benzene rings is 1. The summed E-state index contributed by atoms with van der Waals surface area (Å²) in [6.45, 7) is 8.85. The van der Waals surface area contributed by atoms with Crippen molar-refractivity contribution in [2.45, 2.75) is 46.8 Å². The van der Waals surface area contributed by atoms with E-state index in [1.807, 2.05) is 52.8 Å². The quantitative estimate of drug-likeness (QED) is 0.407. The molecule has 0 aliphatic rings. The average molecular weight is 471 g/mol. The van der Waals surface area contributed by atoms with Crippen molar-refractivity contribution in [3.05, 3.63) is 41.1 Å². The summed E-state index contributed by atoms with van der Waals surface area (Å²) in [6, 6.07) is 7.38. The third-order valence-corrected chi connectivity index (χ3v) is 4.78. The molecule has 1 atom stereocenters. The van der Waals surface area contributed by atoms with Crippen molar-refractivity contribution < 1.29 is 29.0 Å². The van der Waals surface area contributed by atoms with E-state index in [0.29, 0.717) is 23.3 Å². The van der Waals surface area contributed by atoms with Crippen LogP contribution in [0.4, 0.5) is 0 Å². The van der Waals surface area contributed by atoms with Crippen LogP contribution in [0.1, 0.15) is 30.7 Å². The van der Waals surface area contributed by atoms with Crippen LogP contribution in [0.25, 0.3) is 22.8 Å². The molecule has 0 saturated carbocycles. The van der Waals surface area contributed by atoms with Crippen molar-refractivity contribution in [2.24, 2.45) is 0 Å². The van der Waals surface area contributed by atoms with Gasteiger partial charge in [-0.2, -0.15) is 4.98 Å². The van der Waals surface area contributed by atoms with Gasteiger partial charge in [0.1, 0.15) is 25.1 Å². The summed E-state index contributed by atoms with van der Waals surface area (Å²) in [5, 5.41) is 25.3. The van der Waals surface area contributed by atoms with Crippen LogP contribution in [-0.2, 0) is 4.79 Å². The van der Waals surface area contributed by atoms with Crippen molar-refractivity contribution in [1.29, 1.82) is 0 Å². The van der Waals surface area contributed by atoms with Gasteiger partial charge in [0.15, 0.2) is 0 Å². The van der Waals surface area contributed by atoms with Gasteiger partial charge in [-0.15, -0.1) is 0 Å². The van der Waals surface area contributed by atoms with Crippen molar-refractivity contribution in [3.8, 4) is 34.5 Å². The fourth-order valence-corrected chi connectivity index (χ4v) is 3.35. The van der Waals surface area contributed by atoms with Crippen LogP contribution in [0.2, 0.25) is 0 Å². The highest BCUT2D eigenvalue weighted by molar-refractivity contribution is 5.76. The second kappa shape index (κ2) is 11.1. The Balaban J connectivity index is 1.75. The van der Waals surface area contributed by atoms with Gasteiger partial charge in [0.2, 0.25) is 17.6 Å². The predicted octanol–water partition coefficient (Wildman–Crippen LogP) is 2.36. The summed E-state index contributed by atoms with van der Waals surface area (Å²) in [5.41, 5.74) is 3.93. The number of rotatable bonds is 10. The van der Waals surface area contributed by atoms with E-state index < -0.39 is 18.6 Å². The molecule has 3 aromatic rings. The van der Waals surface area contributed by atoms with Crippen LogP contribution in [0.15, 0.2) is 28.8 Å². The molecular formula is C24H30N4O6. The number of ether oxygens (including phenoxy) is 2. The van der Waals surface area contributed by atoms with E-state index in [2.05, 4.69) is 20.4 Å². The summed E-state index contributed by atoms with van der Waals surface area (Å²) in [5.74, 6) is 1.36. The molecular weight excluding hydrogens is 440 g/mol. The fourth-order valence-electron chi connectivity index (χ4n) is 3.35. The van der Waals surface area contributed by atoms with E-state index in [1.165, 1.54) is 0 Å². The molecule has 10 heteroatoms. The molecule has 0 aliphatic heterocycles. The molecule has 10 nitrogen and oxygen atoms in total.